The Hall–Kier alpha value is -0.560. The zero-order chi connectivity index (χ0) is 8.55. The summed E-state index contributed by atoms with van der Waals surface area (Å²) in [5.74, 6) is 0. The van der Waals surface area contributed by atoms with E-state index >= 15 is 0 Å². The number of halogens is 2. The Balaban J connectivity index is 2.84. The summed E-state index contributed by atoms with van der Waals surface area (Å²) in [4.78, 5) is 16.0. The maximum Gasteiger partial charge on any atom is 0.199 e. The first-order chi connectivity index (χ1) is 5.77. The minimum atomic E-state index is 0.364. The molecule has 0 radical (unpaired) electrons. The van der Waals surface area contributed by atoms with Gasteiger partial charge in [0.15, 0.2) is 16.4 Å². The summed E-state index contributed by atoms with van der Waals surface area (Å²) >= 11 is 7.74. The van der Waals surface area contributed by atoms with Gasteiger partial charge in [-0.15, -0.1) is 0 Å². The molecule has 0 unspecified atom stereocenters. The van der Waals surface area contributed by atoms with E-state index in [4.69, 9.17) is 11.6 Å². The molecule has 4 nitrogen and oxygen atoms in total. The van der Waals surface area contributed by atoms with E-state index in [0.29, 0.717) is 20.1 Å². The van der Waals surface area contributed by atoms with E-state index in [1.807, 2.05) is 22.6 Å². The minimum Gasteiger partial charge on any atom is -0.232 e. The number of nitrogens with zero attached hydrogens (tertiary/aromatic N) is 4. The van der Waals surface area contributed by atoms with Crippen molar-refractivity contribution in [3.63, 3.8) is 0 Å². The summed E-state index contributed by atoms with van der Waals surface area (Å²) < 4.78 is 0.641. The van der Waals surface area contributed by atoms with E-state index in [-0.39, 0.29) is 0 Å². The summed E-state index contributed by atoms with van der Waals surface area (Å²) in [6, 6.07) is 0. The highest BCUT2D eigenvalue weighted by Gasteiger charge is 2.03. The topological polar surface area (TPSA) is 51.6 Å². The van der Waals surface area contributed by atoms with Crippen LogP contribution in [0, 0.1) is 3.70 Å². The summed E-state index contributed by atoms with van der Waals surface area (Å²) in [6.07, 6.45) is 3.13. The van der Waals surface area contributed by atoms with Crippen LogP contribution in [-0.2, 0) is 0 Å². The lowest BCUT2D eigenvalue weighted by Gasteiger charge is -1.95. The van der Waals surface area contributed by atoms with Gasteiger partial charge in [-0.1, -0.05) is 11.6 Å². The van der Waals surface area contributed by atoms with E-state index in [0.717, 1.165) is 0 Å². The first-order valence-electron chi connectivity index (χ1n) is 3.07. The highest BCUT2D eigenvalue weighted by molar-refractivity contribution is 14.1. The second-order valence-electron chi connectivity index (χ2n) is 2.01. The van der Waals surface area contributed by atoms with Gasteiger partial charge in [-0.2, -0.15) is 0 Å². The van der Waals surface area contributed by atoms with Gasteiger partial charge in [0, 0.05) is 12.4 Å². The molecule has 0 saturated carbocycles. The Morgan fingerprint density at radius 2 is 1.67 bits per heavy atom. The van der Waals surface area contributed by atoms with Gasteiger partial charge in [0.1, 0.15) is 3.70 Å². The fourth-order valence-corrected chi connectivity index (χ4v) is 1.23. The molecular weight excluding hydrogens is 290 g/mol. The van der Waals surface area contributed by atoms with Crippen LogP contribution in [0.3, 0.4) is 0 Å². The smallest absolute Gasteiger partial charge is 0.199 e. The number of aromatic nitrogens is 4. The van der Waals surface area contributed by atoms with Crippen molar-refractivity contribution in [2.24, 2.45) is 0 Å². The van der Waals surface area contributed by atoms with Crippen molar-refractivity contribution in [1.82, 2.24) is 19.9 Å². The largest absolute Gasteiger partial charge is 0.232 e. The maximum absolute atomic E-state index is 5.74. The monoisotopic (exact) mass is 292 g/mol. The molecule has 0 saturated heterocycles. The summed E-state index contributed by atoms with van der Waals surface area (Å²) in [7, 11) is 0. The van der Waals surface area contributed by atoms with Crippen LogP contribution in [0.5, 0.6) is 0 Å². The fraction of sp³-hybridized carbons (Fsp3) is 0. The van der Waals surface area contributed by atoms with Crippen molar-refractivity contribution in [1.29, 1.82) is 0 Å². The number of rotatable bonds is 0. The van der Waals surface area contributed by atoms with Crippen LogP contribution in [0.2, 0.25) is 5.15 Å². The van der Waals surface area contributed by atoms with Crippen molar-refractivity contribution in [2.75, 3.05) is 0 Å². The molecule has 12 heavy (non-hydrogen) atoms. The van der Waals surface area contributed by atoms with Crippen molar-refractivity contribution in [3.05, 3.63) is 21.2 Å². The van der Waals surface area contributed by atoms with Gasteiger partial charge in [0.2, 0.25) is 0 Å². The predicted octanol–water partition coefficient (Wildman–Crippen LogP) is 1.68. The standard InChI is InChI=1S/C6H2ClIN4/c7-3-4(8)12-6-5(11-3)9-1-2-10-6/h1-2H. The van der Waals surface area contributed by atoms with Gasteiger partial charge in [0.25, 0.3) is 0 Å². The van der Waals surface area contributed by atoms with Crippen LogP contribution < -0.4 is 0 Å². The minimum absolute atomic E-state index is 0.364. The van der Waals surface area contributed by atoms with E-state index in [1.54, 1.807) is 12.4 Å². The molecule has 2 rings (SSSR count). The molecule has 0 aromatic carbocycles. The third-order valence-electron chi connectivity index (χ3n) is 1.24. The van der Waals surface area contributed by atoms with Crippen molar-refractivity contribution < 1.29 is 0 Å². The molecule has 0 amide bonds. The Bertz CT molecular complexity index is 392. The van der Waals surface area contributed by atoms with Crippen LogP contribution in [0.25, 0.3) is 11.3 Å². The Kier molecular flexibility index (Phi) is 2.05. The van der Waals surface area contributed by atoms with Gasteiger partial charge in [-0.25, -0.2) is 19.9 Å². The maximum atomic E-state index is 5.74. The predicted molar refractivity (Wildman–Crippen MR) is 52.9 cm³/mol. The summed E-state index contributed by atoms with van der Waals surface area (Å²) in [6.45, 7) is 0. The molecule has 0 bridgehead atoms. The van der Waals surface area contributed by atoms with Crippen molar-refractivity contribution in [2.45, 2.75) is 0 Å². The lowest BCUT2D eigenvalue weighted by molar-refractivity contribution is 1.13. The molecular formula is C6H2ClIN4. The lowest BCUT2D eigenvalue weighted by atomic mass is 10.6. The molecule has 0 N–H and O–H groups in total. The average Bonchev–Trinajstić information content (AvgIpc) is 2.07. The quantitative estimate of drug-likeness (QED) is 0.693. The lowest BCUT2D eigenvalue weighted by Crippen LogP contribution is -1.93. The highest BCUT2D eigenvalue weighted by Crippen LogP contribution is 2.15. The van der Waals surface area contributed by atoms with E-state index in [1.165, 1.54) is 0 Å². The Labute approximate surface area is 86.6 Å². The number of hydrogen-bond acceptors (Lipinski definition) is 4. The number of hydrogen-bond donors (Lipinski definition) is 0. The highest BCUT2D eigenvalue weighted by atomic mass is 127. The molecule has 0 aliphatic rings. The first-order valence-corrected chi connectivity index (χ1v) is 4.53. The molecule has 0 fully saturated rings. The summed E-state index contributed by atoms with van der Waals surface area (Å²) in [5, 5.41) is 0.364. The molecule has 6 heteroatoms. The van der Waals surface area contributed by atoms with Crippen LogP contribution in [0.4, 0.5) is 0 Å². The molecule has 60 valence electrons. The SMILES string of the molecule is Clc1nc2nccnc2nc1I. The molecule has 2 aromatic rings. The van der Waals surface area contributed by atoms with E-state index in [2.05, 4.69) is 19.9 Å². The van der Waals surface area contributed by atoms with Gasteiger partial charge in [0.05, 0.1) is 0 Å². The fourth-order valence-electron chi connectivity index (χ4n) is 0.759. The third kappa shape index (κ3) is 1.34. The Morgan fingerprint density at radius 1 is 1.08 bits per heavy atom. The van der Waals surface area contributed by atoms with Crippen LogP contribution in [-0.4, -0.2) is 19.9 Å². The zero-order valence-electron chi connectivity index (χ0n) is 5.70. The molecule has 0 aliphatic carbocycles. The average molecular weight is 292 g/mol. The zero-order valence-corrected chi connectivity index (χ0v) is 8.61. The molecule has 0 atom stereocenters. The van der Waals surface area contributed by atoms with Crippen LogP contribution in [0.1, 0.15) is 0 Å². The Morgan fingerprint density at radius 3 is 2.33 bits per heavy atom. The molecule has 0 aliphatic heterocycles. The second-order valence-corrected chi connectivity index (χ2v) is 3.39. The van der Waals surface area contributed by atoms with Gasteiger partial charge < -0.3 is 0 Å². The molecule has 0 spiro atoms. The van der Waals surface area contributed by atoms with Crippen molar-refractivity contribution >= 4 is 45.5 Å². The van der Waals surface area contributed by atoms with Crippen molar-refractivity contribution in [3.8, 4) is 0 Å². The van der Waals surface area contributed by atoms with Gasteiger partial charge >= 0.3 is 0 Å². The molecule has 2 aromatic heterocycles. The van der Waals surface area contributed by atoms with Gasteiger partial charge in [-0.3, -0.25) is 0 Å². The van der Waals surface area contributed by atoms with E-state index in [9.17, 15) is 0 Å². The molecule has 2 heterocycles. The first kappa shape index (κ1) is 8.06. The van der Waals surface area contributed by atoms with E-state index < -0.39 is 0 Å². The summed E-state index contributed by atoms with van der Waals surface area (Å²) in [5.41, 5.74) is 0.995. The third-order valence-corrected chi connectivity index (χ3v) is 2.57. The number of fused-ring (bicyclic) bond motifs is 1. The normalized spacial score (nSPS) is 10.5. The second kappa shape index (κ2) is 3.06. The van der Waals surface area contributed by atoms with Gasteiger partial charge in [-0.05, 0) is 22.6 Å². The van der Waals surface area contributed by atoms with Crippen LogP contribution >= 0.6 is 34.2 Å². The van der Waals surface area contributed by atoms with Crippen LogP contribution in [0.15, 0.2) is 12.4 Å².